The highest BCUT2D eigenvalue weighted by molar-refractivity contribution is 7.87. The maximum absolute atomic E-state index is 12.3. The molecule has 0 aliphatic rings. The van der Waals surface area contributed by atoms with Gasteiger partial charge in [-0.3, -0.25) is 0 Å². The van der Waals surface area contributed by atoms with Crippen LogP contribution in [0.25, 0.3) is 0 Å². The van der Waals surface area contributed by atoms with E-state index in [9.17, 15) is 8.42 Å². The fourth-order valence-corrected chi connectivity index (χ4v) is 3.18. The Balaban J connectivity index is 0.00000361. The molecule has 1 aromatic rings. The van der Waals surface area contributed by atoms with Gasteiger partial charge in [0.25, 0.3) is 10.2 Å². The van der Waals surface area contributed by atoms with Crippen molar-refractivity contribution in [3.05, 3.63) is 35.9 Å². The zero-order chi connectivity index (χ0) is 14.5. The summed E-state index contributed by atoms with van der Waals surface area (Å²) in [5.41, 5.74) is 5.87. The van der Waals surface area contributed by atoms with Gasteiger partial charge in [0.2, 0.25) is 0 Å². The summed E-state index contributed by atoms with van der Waals surface area (Å²) in [7, 11) is -3.54. The third kappa shape index (κ3) is 5.76. The molecular formula is C13H24ClN3O2S. The molecule has 1 aromatic carbocycles. The second-order valence-corrected chi connectivity index (χ2v) is 6.78. The molecule has 0 atom stereocenters. The van der Waals surface area contributed by atoms with Gasteiger partial charge in [0.15, 0.2) is 0 Å². The van der Waals surface area contributed by atoms with Crippen LogP contribution in [0, 0.1) is 0 Å². The summed E-state index contributed by atoms with van der Waals surface area (Å²) >= 11 is 0. The number of hydrogen-bond donors (Lipinski definition) is 2. The van der Waals surface area contributed by atoms with Gasteiger partial charge in [-0.05, 0) is 19.4 Å². The molecule has 0 aromatic heterocycles. The summed E-state index contributed by atoms with van der Waals surface area (Å²) in [5, 5.41) is 0. The molecule has 0 spiro atoms. The minimum absolute atomic E-state index is 0. The van der Waals surface area contributed by atoms with Crippen molar-refractivity contribution in [2.45, 2.75) is 32.9 Å². The maximum Gasteiger partial charge on any atom is 0.280 e. The predicted molar refractivity (Wildman–Crippen MR) is 85.0 cm³/mol. The molecule has 0 radical (unpaired) electrons. The van der Waals surface area contributed by atoms with E-state index in [1.165, 1.54) is 4.31 Å². The molecule has 0 aliphatic carbocycles. The van der Waals surface area contributed by atoms with E-state index in [1.807, 2.05) is 37.3 Å². The van der Waals surface area contributed by atoms with Gasteiger partial charge in [-0.1, -0.05) is 37.3 Å². The van der Waals surface area contributed by atoms with Crippen molar-refractivity contribution in [2.75, 3.05) is 13.1 Å². The Morgan fingerprint density at radius 3 is 2.25 bits per heavy atom. The summed E-state index contributed by atoms with van der Waals surface area (Å²) in [5.74, 6) is 0. The van der Waals surface area contributed by atoms with Crippen LogP contribution < -0.4 is 10.5 Å². The fraction of sp³-hybridized carbons (Fsp3) is 0.538. The van der Waals surface area contributed by atoms with Gasteiger partial charge in [0, 0.05) is 25.2 Å². The maximum atomic E-state index is 12.3. The van der Waals surface area contributed by atoms with Crippen LogP contribution in [0.15, 0.2) is 30.3 Å². The molecule has 0 fully saturated rings. The zero-order valence-corrected chi connectivity index (χ0v) is 13.8. The monoisotopic (exact) mass is 321 g/mol. The average Bonchev–Trinajstić information content (AvgIpc) is 2.35. The normalized spacial score (nSPS) is 12.2. The Kier molecular flexibility index (Phi) is 7.69. The molecule has 1 rings (SSSR count). The SMILES string of the molecule is CCN(Cc1ccccc1)S(=O)(=O)NC(C)(C)CN.Cl. The molecule has 5 nitrogen and oxygen atoms in total. The lowest BCUT2D eigenvalue weighted by Gasteiger charge is -2.29. The molecule has 0 saturated carbocycles. The number of halogens is 1. The molecule has 116 valence electrons. The van der Waals surface area contributed by atoms with Gasteiger partial charge in [-0.2, -0.15) is 17.4 Å². The summed E-state index contributed by atoms with van der Waals surface area (Å²) in [6.45, 7) is 6.35. The third-order valence-electron chi connectivity index (χ3n) is 2.81. The van der Waals surface area contributed by atoms with Gasteiger partial charge in [0.05, 0.1) is 0 Å². The molecule has 0 aliphatic heterocycles. The molecule has 3 N–H and O–H groups in total. The Hall–Kier alpha value is -0.660. The fourth-order valence-electron chi connectivity index (χ4n) is 1.61. The first-order chi connectivity index (χ1) is 8.80. The van der Waals surface area contributed by atoms with Gasteiger partial charge in [-0.25, -0.2) is 0 Å². The smallest absolute Gasteiger partial charge is 0.280 e. The average molecular weight is 322 g/mol. The number of hydrogen-bond acceptors (Lipinski definition) is 3. The first-order valence-electron chi connectivity index (χ1n) is 6.34. The molecular weight excluding hydrogens is 298 g/mol. The van der Waals surface area contributed by atoms with E-state index >= 15 is 0 Å². The highest BCUT2D eigenvalue weighted by atomic mass is 35.5. The lowest BCUT2D eigenvalue weighted by Crippen LogP contribution is -2.53. The van der Waals surface area contributed by atoms with E-state index in [1.54, 1.807) is 13.8 Å². The summed E-state index contributed by atoms with van der Waals surface area (Å²) in [4.78, 5) is 0. The summed E-state index contributed by atoms with van der Waals surface area (Å²) in [6.07, 6.45) is 0. The van der Waals surface area contributed by atoms with Crippen molar-refractivity contribution in [1.29, 1.82) is 0 Å². The largest absolute Gasteiger partial charge is 0.329 e. The Bertz CT molecular complexity index is 492. The van der Waals surface area contributed by atoms with Crippen LogP contribution >= 0.6 is 12.4 Å². The highest BCUT2D eigenvalue weighted by Gasteiger charge is 2.28. The van der Waals surface area contributed by atoms with Crippen molar-refractivity contribution in [1.82, 2.24) is 9.03 Å². The van der Waals surface area contributed by atoms with Crippen LogP contribution in [0.1, 0.15) is 26.3 Å². The Labute approximate surface area is 128 Å². The van der Waals surface area contributed by atoms with E-state index < -0.39 is 15.7 Å². The van der Waals surface area contributed by atoms with E-state index in [2.05, 4.69) is 4.72 Å². The summed E-state index contributed by atoms with van der Waals surface area (Å²) in [6, 6.07) is 9.52. The van der Waals surface area contributed by atoms with Crippen molar-refractivity contribution in [3.8, 4) is 0 Å². The van der Waals surface area contributed by atoms with Crippen LogP contribution in [0.5, 0.6) is 0 Å². The first-order valence-corrected chi connectivity index (χ1v) is 7.78. The standard InChI is InChI=1S/C13H23N3O2S.ClH/c1-4-16(10-12-8-6-5-7-9-12)19(17,18)15-13(2,3)11-14;/h5-9,15H,4,10-11,14H2,1-3H3;1H. The van der Waals surface area contributed by atoms with E-state index in [4.69, 9.17) is 5.73 Å². The molecule has 0 amide bonds. The van der Waals surface area contributed by atoms with Gasteiger partial charge in [0.1, 0.15) is 0 Å². The lowest BCUT2D eigenvalue weighted by molar-refractivity contribution is 0.385. The summed E-state index contributed by atoms with van der Waals surface area (Å²) < 4.78 is 28.6. The van der Waals surface area contributed by atoms with E-state index in [0.29, 0.717) is 13.1 Å². The van der Waals surface area contributed by atoms with Crippen LogP contribution in [0.2, 0.25) is 0 Å². The van der Waals surface area contributed by atoms with Crippen LogP contribution in [-0.2, 0) is 16.8 Å². The number of nitrogens with two attached hydrogens (primary N) is 1. The van der Waals surface area contributed by atoms with E-state index in [-0.39, 0.29) is 19.0 Å². The van der Waals surface area contributed by atoms with Gasteiger partial charge < -0.3 is 5.73 Å². The number of benzene rings is 1. The predicted octanol–water partition coefficient (Wildman–Crippen LogP) is 1.50. The molecule has 20 heavy (non-hydrogen) atoms. The van der Waals surface area contributed by atoms with Crippen molar-refractivity contribution < 1.29 is 8.42 Å². The molecule has 7 heteroatoms. The van der Waals surface area contributed by atoms with Crippen LogP contribution in [0.4, 0.5) is 0 Å². The van der Waals surface area contributed by atoms with Gasteiger partial charge >= 0.3 is 0 Å². The van der Waals surface area contributed by atoms with Crippen molar-refractivity contribution >= 4 is 22.6 Å². The van der Waals surface area contributed by atoms with E-state index in [0.717, 1.165) is 5.56 Å². The second kappa shape index (κ2) is 7.95. The van der Waals surface area contributed by atoms with Crippen LogP contribution in [0.3, 0.4) is 0 Å². The lowest BCUT2D eigenvalue weighted by atomic mass is 10.1. The Morgan fingerprint density at radius 1 is 1.25 bits per heavy atom. The quantitative estimate of drug-likeness (QED) is 0.799. The third-order valence-corrected chi connectivity index (χ3v) is 4.69. The number of rotatable bonds is 7. The molecule has 0 bridgehead atoms. The molecule has 0 heterocycles. The minimum Gasteiger partial charge on any atom is -0.329 e. The van der Waals surface area contributed by atoms with Crippen molar-refractivity contribution in [3.63, 3.8) is 0 Å². The highest BCUT2D eigenvalue weighted by Crippen LogP contribution is 2.11. The number of nitrogens with one attached hydrogen (secondary N) is 1. The topological polar surface area (TPSA) is 75.4 Å². The second-order valence-electron chi connectivity index (χ2n) is 5.11. The van der Waals surface area contributed by atoms with Gasteiger partial charge in [-0.15, -0.1) is 12.4 Å². The number of nitrogens with zero attached hydrogens (tertiary/aromatic N) is 1. The minimum atomic E-state index is -3.54. The molecule has 0 saturated heterocycles. The zero-order valence-electron chi connectivity index (χ0n) is 12.2. The first kappa shape index (κ1) is 19.3. The Morgan fingerprint density at radius 2 is 1.80 bits per heavy atom. The molecule has 0 unspecified atom stereocenters. The van der Waals surface area contributed by atoms with Crippen LogP contribution in [-0.4, -0.2) is 31.4 Å². The van der Waals surface area contributed by atoms with Crippen molar-refractivity contribution in [2.24, 2.45) is 5.73 Å².